The molecule has 0 saturated heterocycles. The number of phenols is 3. The number of fused-ring (bicyclic) bond motifs is 1. The first-order valence-electron chi connectivity index (χ1n) is 11.4. The number of allylic oxidation sites excluding steroid dienone is 1. The average molecular weight is 487 g/mol. The van der Waals surface area contributed by atoms with Crippen molar-refractivity contribution >= 4 is 28.8 Å². The number of carbonyl (C=O) groups is 2. The number of hydrogen-bond donors (Lipinski definition) is 3. The zero-order valence-electron chi connectivity index (χ0n) is 19.9. The molecule has 0 fully saturated rings. The fraction of sp³-hybridized carbons (Fsp3) is 0.172. The molecular formula is C29H26O7. The van der Waals surface area contributed by atoms with Crippen molar-refractivity contribution in [3.63, 3.8) is 0 Å². The summed E-state index contributed by atoms with van der Waals surface area (Å²) in [5.41, 5.74) is 3.40. The molecule has 7 heteroatoms. The second kappa shape index (κ2) is 10.4. The Morgan fingerprint density at radius 2 is 1.67 bits per heavy atom. The Hall–Kier alpha value is -4.52. The van der Waals surface area contributed by atoms with Gasteiger partial charge in [-0.2, -0.15) is 0 Å². The van der Waals surface area contributed by atoms with Gasteiger partial charge in [0, 0.05) is 17.4 Å². The number of methoxy groups -OCH3 is 1. The van der Waals surface area contributed by atoms with Crippen molar-refractivity contribution in [3.8, 4) is 28.6 Å². The van der Waals surface area contributed by atoms with Crippen molar-refractivity contribution in [1.29, 1.82) is 0 Å². The third kappa shape index (κ3) is 5.41. The highest BCUT2D eigenvalue weighted by atomic mass is 16.5. The third-order valence-electron chi connectivity index (χ3n) is 5.99. The first kappa shape index (κ1) is 24.6. The Balaban J connectivity index is 1.56. The number of rotatable bonds is 8. The molecule has 7 nitrogen and oxygen atoms in total. The second-order valence-electron chi connectivity index (χ2n) is 8.64. The molecule has 184 valence electrons. The fourth-order valence-corrected chi connectivity index (χ4v) is 4.00. The molecule has 36 heavy (non-hydrogen) atoms. The van der Waals surface area contributed by atoms with Crippen LogP contribution in [0.25, 0.3) is 28.4 Å². The summed E-state index contributed by atoms with van der Waals surface area (Å²) in [6.07, 6.45) is 3.39. The summed E-state index contributed by atoms with van der Waals surface area (Å²) >= 11 is 0. The van der Waals surface area contributed by atoms with Crippen molar-refractivity contribution in [2.75, 3.05) is 7.11 Å². The van der Waals surface area contributed by atoms with Crippen LogP contribution in [-0.2, 0) is 20.7 Å². The van der Waals surface area contributed by atoms with E-state index in [9.17, 15) is 24.9 Å². The van der Waals surface area contributed by atoms with E-state index in [4.69, 9.17) is 9.15 Å². The molecule has 4 rings (SSSR count). The number of benzene rings is 3. The Morgan fingerprint density at radius 3 is 2.36 bits per heavy atom. The molecular weight excluding hydrogens is 460 g/mol. The molecule has 1 atom stereocenters. The zero-order chi connectivity index (χ0) is 25.8. The van der Waals surface area contributed by atoms with E-state index in [1.165, 1.54) is 31.4 Å². The van der Waals surface area contributed by atoms with Crippen LogP contribution in [0.3, 0.4) is 0 Å². The van der Waals surface area contributed by atoms with Gasteiger partial charge in [0.05, 0.1) is 13.0 Å². The number of hydrogen-bond acceptors (Lipinski definition) is 7. The van der Waals surface area contributed by atoms with Crippen LogP contribution in [0.5, 0.6) is 17.2 Å². The van der Waals surface area contributed by atoms with Gasteiger partial charge >= 0.3 is 5.97 Å². The highest BCUT2D eigenvalue weighted by Gasteiger charge is 2.22. The molecule has 0 saturated carbocycles. The third-order valence-corrected chi connectivity index (χ3v) is 5.99. The summed E-state index contributed by atoms with van der Waals surface area (Å²) in [4.78, 5) is 25.1. The van der Waals surface area contributed by atoms with E-state index in [1.54, 1.807) is 24.3 Å². The molecule has 0 aliphatic rings. The summed E-state index contributed by atoms with van der Waals surface area (Å²) in [6, 6.07) is 16.8. The first-order chi connectivity index (χ1) is 17.2. The molecule has 4 aromatic rings. The van der Waals surface area contributed by atoms with Crippen LogP contribution in [0.15, 0.2) is 71.2 Å². The van der Waals surface area contributed by atoms with E-state index in [0.717, 1.165) is 11.1 Å². The van der Waals surface area contributed by atoms with Gasteiger partial charge in [-0.1, -0.05) is 42.0 Å². The van der Waals surface area contributed by atoms with Crippen LogP contribution >= 0.6 is 0 Å². The van der Waals surface area contributed by atoms with Gasteiger partial charge < -0.3 is 24.5 Å². The molecule has 0 radical (unpaired) electrons. The predicted molar refractivity (Wildman–Crippen MR) is 136 cm³/mol. The van der Waals surface area contributed by atoms with Crippen LogP contribution in [0, 0.1) is 12.8 Å². The summed E-state index contributed by atoms with van der Waals surface area (Å²) in [5.74, 6) is -1.57. The topological polar surface area (TPSA) is 117 Å². The van der Waals surface area contributed by atoms with Crippen LogP contribution in [-0.4, -0.2) is 34.2 Å². The van der Waals surface area contributed by atoms with E-state index in [1.807, 2.05) is 31.2 Å². The van der Waals surface area contributed by atoms with Gasteiger partial charge in [-0.05, 0) is 60.9 Å². The van der Waals surface area contributed by atoms with Gasteiger partial charge in [0.2, 0.25) is 0 Å². The Kier molecular flexibility index (Phi) is 7.10. The molecule has 0 amide bonds. The maximum absolute atomic E-state index is 12.8. The molecule has 0 unspecified atom stereocenters. The smallest absolute Gasteiger partial charge is 0.309 e. The SMILES string of the molecule is COC(=O)[C@@H](CC(=O)/C=C/c1ccc(O)c2oc(-c3ccc(O)c(O)c3)cc12)Cc1ccc(C)cc1. The monoisotopic (exact) mass is 486 g/mol. The largest absolute Gasteiger partial charge is 0.504 e. The number of ketones is 1. The van der Waals surface area contributed by atoms with Gasteiger partial charge in [-0.25, -0.2) is 0 Å². The normalized spacial score (nSPS) is 12.2. The van der Waals surface area contributed by atoms with Crippen molar-refractivity contribution in [2.45, 2.75) is 19.8 Å². The zero-order valence-corrected chi connectivity index (χ0v) is 19.9. The van der Waals surface area contributed by atoms with E-state index in [2.05, 4.69) is 0 Å². The standard InChI is InChI=1S/C29H26O7/c1-17-3-5-18(6-4-17)13-21(29(34)35-2)14-22(30)10-7-19-8-12-25(32)28-23(19)16-27(36-28)20-9-11-24(31)26(33)15-20/h3-12,15-16,21,31-33H,13-14H2,1-2H3/b10-7+/t21-/m1/s1. The lowest BCUT2D eigenvalue weighted by molar-refractivity contribution is -0.146. The maximum atomic E-state index is 12.8. The van der Waals surface area contributed by atoms with Gasteiger partial charge in [-0.3, -0.25) is 9.59 Å². The van der Waals surface area contributed by atoms with Gasteiger partial charge in [0.15, 0.2) is 28.6 Å². The van der Waals surface area contributed by atoms with Crippen LogP contribution in [0.1, 0.15) is 23.1 Å². The molecule has 0 bridgehead atoms. The van der Waals surface area contributed by atoms with Crippen LogP contribution in [0.4, 0.5) is 0 Å². The molecule has 0 aliphatic heterocycles. The van der Waals surface area contributed by atoms with Crippen LogP contribution < -0.4 is 0 Å². The Bertz CT molecular complexity index is 1440. The molecule has 3 aromatic carbocycles. The number of aryl methyl sites for hydroxylation is 1. The molecule has 3 N–H and O–H groups in total. The number of esters is 1. The number of ether oxygens (including phenoxy) is 1. The second-order valence-corrected chi connectivity index (χ2v) is 8.64. The Morgan fingerprint density at radius 1 is 0.944 bits per heavy atom. The number of phenolic OH excluding ortho intramolecular Hbond substituents is 3. The number of furan rings is 1. The fourth-order valence-electron chi connectivity index (χ4n) is 4.00. The summed E-state index contributed by atoms with van der Waals surface area (Å²) in [5, 5.41) is 30.2. The van der Waals surface area contributed by atoms with Crippen molar-refractivity contribution in [1.82, 2.24) is 0 Å². The van der Waals surface area contributed by atoms with E-state index in [0.29, 0.717) is 28.7 Å². The summed E-state index contributed by atoms with van der Waals surface area (Å²) in [7, 11) is 1.31. The van der Waals surface area contributed by atoms with Gasteiger partial charge in [-0.15, -0.1) is 0 Å². The summed E-state index contributed by atoms with van der Waals surface area (Å²) < 4.78 is 10.7. The molecule has 1 heterocycles. The predicted octanol–water partition coefficient (Wildman–Crippen LogP) is 5.53. The first-order valence-corrected chi connectivity index (χ1v) is 11.4. The lowest BCUT2D eigenvalue weighted by atomic mass is 9.93. The minimum Gasteiger partial charge on any atom is -0.504 e. The van der Waals surface area contributed by atoms with E-state index < -0.39 is 11.9 Å². The maximum Gasteiger partial charge on any atom is 0.309 e. The van der Waals surface area contributed by atoms with Gasteiger partial charge in [0.25, 0.3) is 0 Å². The highest BCUT2D eigenvalue weighted by Crippen LogP contribution is 2.37. The van der Waals surface area contributed by atoms with E-state index >= 15 is 0 Å². The molecule has 1 aromatic heterocycles. The lowest BCUT2D eigenvalue weighted by Crippen LogP contribution is -2.21. The molecule has 0 aliphatic carbocycles. The van der Waals surface area contributed by atoms with Crippen molar-refractivity contribution < 1.29 is 34.1 Å². The number of carbonyl (C=O) groups excluding carboxylic acids is 2. The minimum absolute atomic E-state index is 0.0122. The van der Waals surface area contributed by atoms with Crippen molar-refractivity contribution in [3.05, 3.63) is 83.4 Å². The highest BCUT2D eigenvalue weighted by molar-refractivity contribution is 6.00. The lowest BCUT2D eigenvalue weighted by Gasteiger charge is -2.13. The van der Waals surface area contributed by atoms with Crippen molar-refractivity contribution in [2.24, 2.45) is 5.92 Å². The van der Waals surface area contributed by atoms with E-state index in [-0.39, 0.29) is 35.0 Å². The van der Waals surface area contributed by atoms with Crippen LogP contribution in [0.2, 0.25) is 0 Å². The summed E-state index contributed by atoms with van der Waals surface area (Å²) in [6.45, 7) is 1.98. The molecule has 0 spiro atoms. The van der Waals surface area contributed by atoms with Gasteiger partial charge in [0.1, 0.15) is 5.76 Å². The number of aromatic hydroxyl groups is 3. The Labute approximate surface area is 207 Å². The average Bonchev–Trinajstić information content (AvgIpc) is 3.32. The quantitative estimate of drug-likeness (QED) is 0.170. The minimum atomic E-state index is -0.614.